The summed E-state index contributed by atoms with van der Waals surface area (Å²) in [5, 5.41) is 13.1. The standard InChI is InChI=1S/C22H28N2O5/c1-13(2)17(18-20(25)28-22(5,6)29-21(18)26)19-23(14(3)15(4)24(19)27)12-16-10-8-7-9-11-16/h7-11,13,17-18H,12H2,1-6H3/t17-/m0/s1. The van der Waals surface area contributed by atoms with Gasteiger partial charge in [0.05, 0.1) is 5.92 Å². The summed E-state index contributed by atoms with van der Waals surface area (Å²) in [6, 6.07) is 9.75. The van der Waals surface area contributed by atoms with Crippen LogP contribution in [0.15, 0.2) is 30.3 Å². The second-order valence-corrected chi connectivity index (χ2v) is 8.38. The van der Waals surface area contributed by atoms with Gasteiger partial charge >= 0.3 is 11.9 Å². The molecule has 1 atom stereocenters. The molecule has 0 bridgehead atoms. The molecular weight excluding hydrogens is 372 g/mol. The van der Waals surface area contributed by atoms with Gasteiger partial charge in [0.2, 0.25) is 0 Å². The van der Waals surface area contributed by atoms with Crippen LogP contribution in [0.5, 0.6) is 0 Å². The molecule has 0 N–H and O–H groups in total. The molecule has 7 nitrogen and oxygen atoms in total. The highest BCUT2D eigenvalue weighted by Crippen LogP contribution is 2.38. The van der Waals surface area contributed by atoms with Gasteiger partial charge in [-0.1, -0.05) is 44.2 Å². The first-order valence-corrected chi connectivity index (χ1v) is 9.82. The van der Waals surface area contributed by atoms with Gasteiger partial charge in [-0.15, -0.1) is 0 Å². The van der Waals surface area contributed by atoms with Gasteiger partial charge < -0.3 is 14.7 Å². The highest BCUT2D eigenvalue weighted by molar-refractivity contribution is 5.97. The first-order chi connectivity index (χ1) is 13.5. The number of benzene rings is 1. The van der Waals surface area contributed by atoms with Crippen molar-refractivity contribution in [2.75, 3.05) is 0 Å². The third kappa shape index (κ3) is 3.86. The highest BCUT2D eigenvalue weighted by Gasteiger charge is 2.52. The maximum absolute atomic E-state index is 13.1. The van der Waals surface area contributed by atoms with Crippen molar-refractivity contribution in [3.63, 3.8) is 0 Å². The number of imidazole rings is 1. The molecule has 1 fully saturated rings. The Morgan fingerprint density at radius 1 is 1.10 bits per heavy atom. The summed E-state index contributed by atoms with van der Waals surface area (Å²) < 4.78 is 13.4. The van der Waals surface area contributed by atoms with Crippen LogP contribution in [-0.2, 0) is 25.6 Å². The number of carbonyl (C=O) groups excluding carboxylic acids is 2. The monoisotopic (exact) mass is 400 g/mol. The molecule has 7 heteroatoms. The molecule has 2 heterocycles. The zero-order valence-electron chi connectivity index (χ0n) is 17.8. The maximum Gasteiger partial charge on any atom is 0.324 e. The van der Waals surface area contributed by atoms with Crippen molar-refractivity contribution < 1.29 is 23.8 Å². The molecular formula is C22H28N2O5. The normalized spacial score (nSPS) is 17.9. The van der Waals surface area contributed by atoms with E-state index in [4.69, 9.17) is 9.47 Å². The van der Waals surface area contributed by atoms with E-state index < -0.39 is 29.6 Å². The zero-order chi connectivity index (χ0) is 21.5. The number of carbonyl (C=O) groups is 2. The van der Waals surface area contributed by atoms with Crippen molar-refractivity contribution in [1.29, 1.82) is 0 Å². The van der Waals surface area contributed by atoms with E-state index in [1.54, 1.807) is 6.92 Å². The molecule has 1 aliphatic heterocycles. The van der Waals surface area contributed by atoms with Crippen molar-refractivity contribution in [2.24, 2.45) is 11.8 Å². The molecule has 1 aromatic heterocycles. The topological polar surface area (TPSA) is 84.5 Å². The minimum absolute atomic E-state index is 0.176. The molecule has 0 saturated carbocycles. The van der Waals surface area contributed by atoms with Crippen LogP contribution < -0.4 is 4.73 Å². The molecule has 0 unspecified atom stereocenters. The molecule has 1 aromatic carbocycles. The van der Waals surface area contributed by atoms with E-state index in [2.05, 4.69) is 0 Å². The Kier molecular flexibility index (Phi) is 5.43. The summed E-state index contributed by atoms with van der Waals surface area (Å²) in [6.45, 7) is 10.9. The van der Waals surface area contributed by atoms with Crippen molar-refractivity contribution in [3.8, 4) is 0 Å². The second kappa shape index (κ2) is 7.54. The predicted molar refractivity (Wildman–Crippen MR) is 106 cm³/mol. The number of aromatic nitrogens is 2. The fourth-order valence-electron chi connectivity index (χ4n) is 3.93. The predicted octanol–water partition coefficient (Wildman–Crippen LogP) is 2.98. The first-order valence-electron chi connectivity index (χ1n) is 9.82. The summed E-state index contributed by atoms with van der Waals surface area (Å²) >= 11 is 0. The Bertz CT molecular complexity index is 910. The number of rotatable bonds is 5. The fourth-order valence-corrected chi connectivity index (χ4v) is 3.93. The molecule has 1 aliphatic rings. The van der Waals surface area contributed by atoms with Gasteiger partial charge in [0, 0.05) is 27.7 Å². The second-order valence-electron chi connectivity index (χ2n) is 8.38. The van der Waals surface area contributed by atoms with Crippen LogP contribution >= 0.6 is 0 Å². The first kappa shape index (κ1) is 20.9. The SMILES string of the molecule is Cc1c(C)[n+]([O-])c([C@@H](C(C)C)C2C(=O)OC(C)(C)OC2=O)n1Cc1ccccc1. The summed E-state index contributed by atoms with van der Waals surface area (Å²) in [7, 11) is 0. The number of hydrogen-bond acceptors (Lipinski definition) is 5. The lowest BCUT2D eigenvalue weighted by Gasteiger charge is -2.36. The molecule has 0 amide bonds. The van der Waals surface area contributed by atoms with Crippen molar-refractivity contribution in [1.82, 2.24) is 4.57 Å². The number of esters is 2. The van der Waals surface area contributed by atoms with E-state index in [0.717, 1.165) is 16.0 Å². The number of nitrogens with zero attached hydrogens (tertiary/aromatic N) is 2. The molecule has 0 aliphatic carbocycles. The summed E-state index contributed by atoms with van der Waals surface area (Å²) in [4.78, 5) is 25.5. The van der Waals surface area contributed by atoms with Crippen LogP contribution in [0, 0.1) is 30.9 Å². The number of ether oxygens (including phenoxy) is 2. The van der Waals surface area contributed by atoms with E-state index in [9.17, 15) is 14.8 Å². The summed E-state index contributed by atoms with van der Waals surface area (Å²) in [5.74, 6) is -4.30. The molecule has 0 radical (unpaired) electrons. The largest absolute Gasteiger partial charge is 0.711 e. The van der Waals surface area contributed by atoms with E-state index in [0.29, 0.717) is 18.1 Å². The Balaban J connectivity index is 2.12. The molecule has 0 spiro atoms. The van der Waals surface area contributed by atoms with Gasteiger partial charge in [0.1, 0.15) is 17.9 Å². The Labute approximate surface area is 170 Å². The lowest BCUT2D eigenvalue weighted by Crippen LogP contribution is -2.51. The third-order valence-corrected chi connectivity index (χ3v) is 5.48. The molecule has 1 saturated heterocycles. The van der Waals surface area contributed by atoms with E-state index in [-0.39, 0.29) is 5.92 Å². The lowest BCUT2D eigenvalue weighted by molar-refractivity contribution is -0.622. The lowest BCUT2D eigenvalue weighted by atomic mass is 9.81. The van der Waals surface area contributed by atoms with Gasteiger partial charge in [-0.25, -0.2) is 9.30 Å². The van der Waals surface area contributed by atoms with E-state index in [1.807, 2.05) is 55.7 Å². The summed E-state index contributed by atoms with van der Waals surface area (Å²) in [5.41, 5.74) is 2.35. The van der Waals surface area contributed by atoms with Crippen molar-refractivity contribution >= 4 is 11.9 Å². The zero-order valence-corrected chi connectivity index (χ0v) is 17.8. The average molecular weight is 400 g/mol. The Morgan fingerprint density at radius 3 is 2.17 bits per heavy atom. The highest BCUT2D eigenvalue weighted by atomic mass is 16.7. The van der Waals surface area contributed by atoms with Gasteiger partial charge in [-0.05, 0) is 11.5 Å². The van der Waals surface area contributed by atoms with Gasteiger partial charge in [-0.2, -0.15) is 0 Å². The minimum Gasteiger partial charge on any atom is -0.711 e. The maximum atomic E-state index is 13.1. The van der Waals surface area contributed by atoms with Crippen LogP contribution in [0.3, 0.4) is 0 Å². The Morgan fingerprint density at radius 2 is 1.66 bits per heavy atom. The molecule has 156 valence electrons. The molecule has 29 heavy (non-hydrogen) atoms. The van der Waals surface area contributed by atoms with Crippen LogP contribution in [0.4, 0.5) is 0 Å². The fraction of sp³-hybridized carbons (Fsp3) is 0.500. The van der Waals surface area contributed by atoms with Crippen LogP contribution in [0.25, 0.3) is 0 Å². The van der Waals surface area contributed by atoms with Gasteiger partial charge in [0.15, 0.2) is 5.92 Å². The van der Waals surface area contributed by atoms with Crippen LogP contribution in [0.2, 0.25) is 0 Å². The van der Waals surface area contributed by atoms with Gasteiger partial charge in [-0.3, -0.25) is 9.59 Å². The van der Waals surface area contributed by atoms with Crippen LogP contribution in [0.1, 0.15) is 56.4 Å². The van der Waals surface area contributed by atoms with E-state index in [1.165, 1.54) is 13.8 Å². The van der Waals surface area contributed by atoms with Crippen LogP contribution in [-0.4, -0.2) is 22.3 Å². The molecule has 3 rings (SSSR count). The molecule has 2 aromatic rings. The average Bonchev–Trinajstić information content (AvgIpc) is 2.82. The van der Waals surface area contributed by atoms with Crippen molar-refractivity contribution in [2.45, 2.75) is 59.8 Å². The number of cyclic esters (lactones) is 2. The number of hydrogen-bond donors (Lipinski definition) is 0. The van der Waals surface area contributed by atoms with E-state index >= 15 is 0 Å². The van der Waals surface area contributed by atoms with Gasteiger partial charge in [0.25, 0.3) is 11.6 Å². The third-order valence-electron chi connectivity index (χ3n) is 5.48. The van der Waals surface area contributed by atoms with Crippen molar-refractivity contribution in [3.05, 3.63) is 58.3 Å². The smallest absolute Gasteiger partial charge is 0.324 e. The summed E-state index contributed by atoms with van der Waals surface area (Å²) in [6.07, 6.45) is 0. The quantitative estimate of drug-likeness (QED) is 0.333. The minimum atomic E-state index is -1.31. The Hall–Kier alpha value is -2.83.